The largest absolute Gasteiger partial charge is 0.410 e. The molecule has 0 bridgehead atoms. The van der Waals surface area contributed by atoms with Crippen LogP contribution in [0.5, 0.6) is 0 Å². The number of aldehydes is 1. The Morgan fingerprint density at radius 2 is 1.94 bits per heavy atom. The van der Waals surface area contributed by atoms with Crippen molar-refractivity contribution in [2.45, 2.75) is 71.2 Å². The fourth-order valence-corrected chi connectivity index (χ4v) is 2.94. The third-order valence-electron chi connectivity index (χ3n) is 2.68. The van der Waals surface area contributed by atoms with Crippen molar-refractivity contribution in [3.05, 3.63) is 5.57 Å². The Bertz CT molecular complexity index is 288. The van der Waals surface area contributed by atoms with Gasteiger partial charge in [0, 0.05) is 12.0 Å². The molecule has 0 aromatic carbocycles. The highest BCUT2D eigenvalue weighted by atomic mass is 28.4. The highest BCUT2D eigenvalue weighted by Gasteiger charge is 2.23. The average molecular weight is 270 g/mol. The first-order chi connectivity index (χ1) is 8.44. The van der Waals surface area contributed by atoms with Gasteiger partial charge in [-0.15, -0.1) is 0 Å². The van der Waals surface area contributed by atoms with E-state index in [9.17, 15) is 9.59 Å². The first kappa shape index (κ1) is 17.3. The van der Waals surface area contributed by atoms with Crippen molar-refractivity contribution in [2.75, 3.05) is 0 Å². The maximum Gasteiger partial charge on any atom is 0.184 e. The molecule has 1 unspecified atom stereocenters. The van der Waals surface area contributed by atoms with Crippen LogP contribution < -0.4 is 0 Å². The predicted molar refractivity (Wildman–Crippen MR) is 76.9 cm³/mol. The number of carbonyl (C=O) groups is 1. The zero-order valence-corrected chi connectivity index (χ0v) is 13.1. The molecule has 0 aliphatic heterocycles. The molecule has 0 heterocycles. The van der Waals surface area contributed by atoms with E-state index in [4.69, 9.17) is 4.43 Å². The monoisotopic (exact) mass is 270 g/mol. The van der Waals surface area contributed by atoms with Gasteiger partial charge >= 0.3 is 0 Å². The van der Waals surface area contributed by atoms with E-state index in [1.165, 1.54) is 0 Å². The van der Waals surface area contributed by atoms with Gasteiger partial charge in [0.15, 0.2) is 8.32 Å². The standard InChI is InChI=1S/C14H26O3Si/c1-5-13(12-16)14(17-18(2,3)4)10-8-6-7-9-11-15/h11,14H,5-10H2,1-4H3. The summed E-state index contributed by atoms with van der Waals surface area (Å²) in [5.74, 6) is 2.03. The normalized spacial score (nSPS) is 12.9. The molecule has 4 heteroatoms. The summed E-state index contributed by atoms with van der Waals surface area (Å²) in [7, 11) is -1.65. The summed E-state index contributed by atoms with van der Waals surface area (Å²) < 4.78 is 6.06. The molecule has 0 fully saturated rings. The van der Waals surface area contributed by atoms with E-state index in [-0.39, 0.29) is 6.10 Å². The summed E-state index contributed by atoms with van der Waals surface area (Å²) in [5.41, 5.74) is 0.743. The molecule has 0 amide bonds. The van der Waals surface area contributed by atoms with Crippen LogP contribution in [0.2, 0.25) is 19.6 Å². The van der Waals surface area contributed by atoms with Crippen LogP contribution in [0.15, 0.2) is 5.57 Å². The van der Waals surface area contributed by atoms with Crippen molar-refractivity contribution < 1.29 is 14.0 Å². The predicted octanol–water partition coefficient (Wildman–Crippen LogP) is 3.52. The number of carbonyl (C=O) groups excluding carboxylic acids is 2. The molecule has 104 valence electrons. The zero-order valence-electron chi connectivity index (χ0n) is 12.1. The Morgan fingerprint density at radius 3 is 2.39 bits per heavy atom. The summed E-state index contributed by atoms with van der Waals surface area (Å²) in [5, 5.41) is 0. The number of rotatable bonds is 10. The van der Waals surface area contributed by atoms with Gasteiger partial charge < -0.3 is 9.22 Å². The van der Waals surface area contributed by atoms with E-state index in [2.05, 4.69) is 19.6 Å². The molecule has 0 saturated carbocycles. The Kier molecular flexibility index (Phi) is 8.90. The van der Waals surface area contributed by atoms with Gasteiger partial charge in [0.2, 0.25) is 0 Å². The van der Waals surface area contributed by atoms with E-state index in [1.807, 2.05) is 12.9 Å². The van der Waals surface area contributed by atoms with Gasteiger partial charge in [-0.1, -0.05) is 19.8 Å². The maximum atomic E-state index is 10.9. The highest BCUT2D eigenvalue weighted by molar-refractivity contribution is 6.69. The summed E-state index contributed by atoms with van der Waals surface area (Å²) in [6, 6.07) is 0. The third kappa shape index (κ3) is 8.40. The van der Waals surface area contributed by atoms with Crippen LogP contribution in [0.4, 0.5) is 0 Å². The van der Waals surface area contributed by atoms with Crippen LogP contribution >= 0.6 is 0 Å². The molecule has 0 N–H and O–H groups in total. The molecule has 0 aliphatic carbocycles. The fraction of sp³-hybridized carbons (Fsp3) is 0.786. The lowest BCUT2D eigenvalue weighted by atomic mass is 10.0. The lowest BCUT2D eigenvalue weighted by molar-refractivity contribution is -0.107. The number of hydrogen-bond donors (Lipinski definition) is 0. The third-order valence-corrected chi connectivity index (χ3v) is 3.68. The minimum Gasteiger partial charge on any atom is -0.410 e. The summed E-state index contributed by atoms with van der Waals surface area (Å²) in [6.07, 6.45) is 6.01. The molecule has 0 spiro atoms. The van der Waals surface area contributed by atoms with Crippen LogP contribution in [0.1, 0.15) is 45.4 Å². The second-order valence-electron chi connectivity index (χ2n) is 5.50. The molecule has 18 heavy (non-hydrogen) atoms. The highest BCUT2D eigenvalue weighted by Crippen LogP contribution is 2.20. The lowest BCUT2D eigenvalue weighted by Crippen LogP contribution is -2.33. The first-order valence-corrected chi connectivity index (χ1v) is 10.2. The Hall–Kier alpha value is -0.703. The van der Waals surface area contributed by atoms with Crippen LogP contribution in [0.3, 0.4) is 0 Å². The molecule has 0 radical (unpaired) electrons. The lowest BCUT2D eigenvalue weighted by Gasteiger charge is -2.26. The first-order valence-electron chi connectivity index (χ1n) is 6.80. The molecular weight excluding hydrogens is 244 g/mol. The van der Waals surface area contributed by atoms with Gasteiger partial charge in [-0.2, -0.15) is 0 Å². The minimum absolute atomic E-state index is 0.0737. The van der Waals surface area contributed by atoms with Crippen LogP contribution in [0.25, 0.3) is 0 Å². The second kappa shape index (κ2) is 9.26. The van der Waals surface area contributed by atoms with Gasteiger partial charge in [-0.25, -0.2) is 4.79 Å². The van der Waals surface area contributed by atoms with E-state index in [0.717, 1.165) is 37.5 Å². The van der Waals surface area contributed by atoms with E-state index in [0.29, 0.717) is 12.8 Å². The zero-order chi connectivity index (χ0) is 14.0. The van der Waals surface area contributed by atoms with Crippen molar-refractivity contribution in [2.24, 2.45) is 0 Å². The second-order valence-corrected chi connectivity index (χ2v) is 9.96. The van der Waals surface area contributed by atoms with E-state index in [1.54, 1.807) is 0 Å². The van der Waals surface area contributed by atoms with Gasteiger partial charge in [0.05, 0.1) is 6.10 Å². The molecule has 0 aromatic rings. The van der Waals surface area contributed by atoms with Gasteiger partial charge in [-0.3, -0.25) is 0 Å². The molecular formula is C14H26O3Si. The summed E-state index contributed by atoms with van der Waals surface area (Å²) >= 11 is 0. The quantitative estimate of drug-likeness (QED) is 0.264. The van der Waals surface area contributed by atoms with E-state index >= 15 is 0 Å². The van der Waals surface area contributed by atoms with Gasteiger partial charge in [0.1, 0.15) is 12.2 Å². The Labute approximate surface area is 112 Å². The smallest absolute Gasteiger partial charge is 0.184 e. The van der Waals surface area contributed by atoms with Crippen molar-refractivity contribution in [1.29, 1.82) is 0 Å². The molecule has 1 atom stereocenters. The Balaban J connectivity index is 4.30. The molecule has 0 aliphatic rings. The van der Waals surface area contributed by atoms with Crippen molar-refractivity contribution in [3.8, 4) is 0 Å². The van der Waals surface area contributed by atoms with Crippen LogP contribution in [-0.4, -0.2) is 26.6 Å². The Morgan fingerprint density at radius 1 is 1.28 bits per heavy atom. The van der Waals surface area contributed by atoms with E-state index < -0.39 is 8.32 Å². The fourth-order valence-electron chi connectivity index (χ4n) is 1.83. The molecule has 0 saturated heterocycles. The number of unbranched alkanes of at least 4 members (excludes halogenated alkanes) is 3. The van der Waals surface area contributed by atoms with Crippen molar-refractivity contribution in [3.63, 3.8) is 0 Å². The van der Waals surface area contributed by atoms with Crippen molar-refractivity contribution in [1.82, 2.24) is 0 Å². The number of hydrogen-bond acceptors (Lipinski definition) is 3. The van der Waals surface area contributed by atoms with Crippen molar-refractivity contribution >= 4 is 20.5 Å². The minimum atomic E-state index is -1.65. The topological polar surface area (TPSA) is 43.4 Å². The summed E-state index contributed by atoms with van der Waals surface area (Å²) in [6.45, 7) is 8.35. The average Bonchev–Trinajstić information content (AvgIpc) is 2.28. The molecule has 0 rings (SSSR count). The molecule has 0 aromatic heterocycles. The van der Waals surface area contributed by atoms with Gasteiger partial charge in [0.25, 0.3) is 0 Å². The maximum absolute atomic E-state index is 10.9. The SMILES string of the molecule is CCC(=C=O)C(CCCCCC=O)O[Si](C)(C)C. The summed E-state index contributed by atoms with van der Waals surface area (Å²) in [4.78, 5) is 21.1. The molecule has 3 nitrogen and oxygen atoms in total. The van der Waals surface area contributed by atoms with Crippen LogP contribution in [0, 0.1) is 0 Å². The van der Waals surface area contributed by atoms with Crippen LogP contribution in [-0.2, 0) is 14.0 Å². The van der Waals surface area contributed by atoms with Gasteiger partial charge in [-0.05, 0) is 38.9 Å².